The van der Waals surface area contributed by atoms with Crippen molar-refractivity contribution < 1.29 is 31.1 Å². The van der Waals surface area contributed by atoms with Gasteiger partial charge in [-0.2, -0.15) is 13.2 Å². The maximum absolute atomic E-state index is 13.3. The van der Waals surface area contributed by atoms with Gasteiger partial charge in [-0.3, -0.25) is 0 Å². The maximum Gasteiger partial charge on any atom is 0.573 e. The molecule has 0 bridgehead atoms. The lowest BCUT2D eigenvalue weighted by atomic mass is 10.1. The van der Waals surface area contributed by atoms with E-state index in [1.54, 1.807) is 29.2 Å². The Morgan fingerprint density at radius 1 is 0.833 bits per heavy atom. The second kappa shape index (κ2) is 9.77. The zero-order chi connectivity index (χ0) is 25.9. The SMILES string of the molecule is C#CCN(Cc1nc2cc(C(F)(F)F)ccc2nc1-c1ccccc1)c1ccc(OC(F)(F)F)cc1. The van der Waals surface area contributed by atoms with Gasteiger partial charge in [0, 0.05) is 11.3 Å². The molecule has 4 nitrogen and oxygen atoms in total. The van der Waals surface area contributed by atoms with Crippen LogP contribution >= 0.6 is 0 Å². The highest BCUT2D eigenvalue weighted by Gasteiger charge is 2.32. The number of halogens is 6. The molecule has 3 aromatic carbocycles. The summed E-state index contributed by atoms with van der Waals surface area (Å²) < 4.78 is 81.2. The van der Waals surface area contributed by atoms with Gasteiger partial charge in [0.2, 0.25) is 0 Å². The van der Waals surface area contributed by atoms with Crippen LogP contribution < -0.4 is 9.64 Å². The van der Waals surface area contributed by atoms with Crippen molar-refractivity contribution in [1.29, 1.82) is 0 Å². The van der Waals surface area contributed by atoms with Crippen molar-refractivity contribution in [3.63, 3.8) is 0 Å². The number of alkyl halides is 6. The highest BCUT2D eigenvalue weighted by molar-refractivity contribution is 5.79. The summed E-state index contributed by atoms with van der Waals surface area (Å²) in [6.45, 7) is 0.0864. The molecule has 0 aliphatic carbocycles. The van der Waals surface area contributed by atoms with E-state index in [1.165, 1.54) is 18.2 Å². The first-order valence-corrected chi connectivity index (χ1v) is 10.5. The molecule has 0 N–H and O–H groups in total. The van der Waals surface area contributed by atoms with Crippen LogP contribution in [0.3, 0.4) is 0 Å². The molecule has 0 unspecified atom stereocenters. The third-order valence-electron chi connectivity index (χ3n) is 5.17. The summed E-state index contributed by atoms with van der Waals surface area (Å²) in [5, 5.41) is 0. The lowest BCUT2D eigenvalue weighted by molar-refractivity contribution is -0.274. The third-order valence-corrected chi connectivity index (χ3v) is 5.17. The van der Waals surface area contributed by atoms with Crippen LogP contribution in [0.4, 0.5) is 32.0 Å². The van der Waals surface area contributed by atoms with Gasteiger partial charge in [0.15, 0.2) is 0 Å². The molecule has 0 fully saturated rings. The molecular formula is C26H17F6N3O. The quantitative estimate of drug-likeness (QED) is 0.214. The normalized spacial score (nSPS) is 11.8. The largest absolute Gasteiger partial charge is 0.573 e. The van der Waals surface area contributed by atoms with Crippen LogP contribution in [0.1, 0.15) is 11.3 Å². The van der Waals surface area contributed by atoms with E-state index in [0.29, 0.717) is 22.6 Å². The molecule has 0 amide bonds. The zero-order valence-corrected chi connectivity index (χ0v) is 18.4. The number of hydrogen-bond donors (Lipinski definition) is 0. The first-order valence-electron chi connectivity index (χ1n) is 10.5. The third kappa shape index (κ3) is 5.86. The van der Waals surface area contributed by atoms with E-state index in [9.17, 15) is 26.3 Å². The molecule has 4 aromatic rings. The molecule has 0 saturated carbocycles. The van der Waals surface area contributed by atoms with Crippen molar-refractivity contribution in [1.82, 2.24) is 9.97 Å². The van der Waals surface area contributed by atoms with E-state index in [-0.39, 0.29) is 24.1 Å². The summed E-state index contributed by atoms with van der Waals surface area (Å²) in [7, 11) is 0. The summed E-state index contributed by atoms with van der Waals surface area (Å²) in [6, 6.07) is 17.2. The minimum absolute atomic E-state index is 0.0348. The number of hydrogen-bond acceptors (Lipinski definition) is 4. The number of rotatable bonds is 6. The molecule has 0 atom stereocenters. The molecule has 1 aromatic heterocycles. The van der Waals surface area contributed by atoms with Gasteiger partial charge in [0.1, 0.15) is 5.75 Å². The Morgan fingerprint density at radius 3 is 2.14 bits per heavy atom. The molecule has 1 heterocycles. The molecule has 0 spiro atoms. The fourth-order valence-electron chi connectivity index (χ4n) is 3.59. The van der Waals surface area contributed by atoms with Crippen LogP contribution in [-0.2, 0) is 12.7 Å². The molecule has 4 rings (SSSR count). The van der Waals surface area contributed by atoms with Crippen molar-refractivity contribution in [2.45, 2.75) is 19.1 Å². The Labute approximate surface area is 202 Å². The molecular weight excluding hydrogens is 484 g/mol. The van der Waals surface area contributed by atoms with Crippen molar-refractivity contribution in [2.24, 2.45) is 0 Å². The molecule has 0 saturated heterocycles. The van der Waals surface area contributed by atoms with Gasteiger partial charge in [-0.1, -0.05) is 36.3 Å². The highest BCUT2D eigenvalue weighted by Crippen LogP contribution is 2.33. The Balaban J connectivity index is 1.77. The van der Waals surface area contributed by atoms with Gasteiger partial charge in [0.25, 0.3) is 0 Å². The second-order valence-corrected chi connectivity index (χ2v) is 7.69. The van der Waals surface area contributed by atoms with Gasteiger partial charge < -0.3 is 9.64 Å². The highest BCUT2D eigenvalue weighted by atomic mass is 19.4. The maximum atomic E-state index is 13.3. The fraction of sp³-hybridized carbons (Fsp3) is 0.154. The Bertz CT molecular complexity index is 1390. The summed E-state index contributed by atoms with van der Waals surface area (Å²) in [5.74, 6) is 2.08. The minimum atomic E-state index is -4.83. The predicted octanol–water partition coefficient (Wildman–Crippen LogP) is 6.85. The molecule has 36 heavy (non-hydrogen) atoms. The van der Waals surface area contributed by atoms with Crippen LogP contribution in [0.15, 0.2) is 72.8 Å². The monoisotopic (exact) mass is 501 g/mol. The molecule has 0 aliphatic heterocycles. The topological polar surface area (TPSA) is 38.2 Å². The summed E-state index contributed by atoms with van der Waals surface area (Å²) >= 11 is 0. The van der Waals surface area contributed by atoms with Gasteiger partial charge >= 0.3 is 12.5 Å². The smallest absolute Gasteiger partial charge is 0.406 e. The van der Waals surface area contributed by atoms with Gasteiger partial charge in [0.05, 0.1) is 41.1 Å². The van der Waals surface area contributed by atoms with E-state index in [1.807, 2.05) is 6.07 Å². The van der Waals surface area contributed by atoms with Crippen molar-refractivity contribution in [3.05, 3.63) is 84.1 Å². The van der Waals surface area contributed by atoms with E-state index in [2.05, 4.69) is 20.6 Å². The molecule has 10 heteroatoms. The average Bonchev–Trinajstić information content (AvgIpc) is 2.82. The summed E-state index contributed by atoms with van der Waals surface area (Å²) in [5.41, 5.74) is 1.42. The number of anilines is 1. The number of fused-ring (bicyclic) bond motifs is 1. The van der Waals surface area contributed by atoms with Crippen LogP contribution in [0.2, 0.25) is 0 Å². The zero-order valence-electron chi connectivity index (χ0n) is 18.4. The van der Waals surface area contributed by atoms with E-state index < -0.39 is 23.9 Å². The fourth-order valence-corrected chi connectivity index (χ4v) is 3.59. The second-order valence-electron chi connectivity index (χ2n) is 7.69. The van der Waals surface area contributed by atoms with Crippen LogP contribution in [0.25, 0.3) is 22.3 Å². The van der Waals surface area contributed by atoms with Crippen LogP contribution in [0, 0.1) is 12.3 Å². The molecule has 0 aliphatic rings. The standard InChI is InChI=1S/C26H17F6N3O/c1-2-14-35(19-9-11-20(12-10-19)36-26(30,31)32)16-23-24(17-6-4-3-5-7-17)34-21-13-8-18(25(27,28)29)15-22(21)33-23/h1,3-13,15H,14,16H2. The Morgan fingerprint density at radius 2 is 1.53 bits per heavy atom. The van der Waals surface area contributed by atoms with Crippen molar-refractivity contribution in [2.75, 3.05) is 11.4 Å². The number of ether oxygens (including phenoxy) is 1. The van der Waals surface area contributed by atoms with E-state index in [0.717, 1.165) is 24.3 Å². The lowest BCUT2D eigenvalue weighted by Gasteiger charge is -2.24. The van der Waals surface area contributed by atoms with Gasteiger partial charge in [-0.15, -0.1) is 19.6 Å². The Kier molecular flexibility index (Phi) is 6.75. The van der Waals surface area contributed by atoms with E-state index in [4.69, 9.17) is 6.42 Å². The van der Waals surface area contributed by atoms with E-state index >= 15 is 0 Å². The van der Waals surface area contributed by atoms with Crippen LogP contribution in [0.5, 0.6) is 5.75 Å². The lowest BCUT2D eigenvalue weighted by Crippen LogP contribution is -2.24. The number of aromatic nitrogens is 2. The molecule has 0 radical (unpaired) electrons. The predicted molar refractivity (Wildman–Crippen MR) is 123 cm³/mol. The van der Waals surface area contributed by atoms with Gasteiger partial charge in [-0.05, 0) is 42.5 Å². The first kappa shape index (κ1) is 24.9. The number of nitrogens with zero attached hydrogens (tertiary/aromatic N) is 3. The van der Waals surface area contributed by atoms with Crippen molar-refractivity contribution >= 4 is 16.7 Å². The summed E-state index contributed by atoms with van der Waals surface area (Å²) in [6.07, 6.45) is -3.87. The summed E-state index contributed by atoms with van der Waals surface area (Å²) in [4.78, 5) is 10.7. The minimum Gasteiger partial charge on any atom is -0.406 e. The molecule has 184 valence electrons. The van der Waals surface area contributed by atoms with Crippen LogP contribution in [-0.4, -0.2) is 22.9 Å². The first-order chi connectivity index (χ1) is 17.0. The van der Waals surface area contributed by atoms with Gasteiger partial charge in [-0.25, -0.2) is 9.97 Å². The Hall–Kier alpha value is -4.26. The number of terminal acetylenes is 1. The number of benzene rings is 3. The average molecular weight is 501 g/mol. The van der Waals surface area contributed by atoms with Crippen molar-refractivity contribution in [3.8, 4) is 29.4 Å².